The van der Waals surface area contributed by atoms with Crippen LogP contribution < -0.4 is 27.4 Å². The lowest BCUT2D eigenvalue weighted by molar-refractivity contribution is -0.144. The van der Waals surface area contributed by atoms with E-state index in [1.165, 1.54) is 0 Å². The normalized spacial score (nSPS) is 14.5. The molecule has 0 saturated carbocycles. The Labute approximate surface area is 172 Å². The van der Waals surface area contributed by atoms with Crippen molar-refractivity contribution < 1.29 is 39.0 Å². The van der Waals surface area contributed by atoms with Crippen LogP contribution in [0.3, 0.4) is 0 Å². The van der Waals surface area contributed by atoms with Gasteiger partial charge in [-0.1, -0.05) is 20.3 Å². The molecule has 0 aromatic heterocycles. The second-order valence-electron chi connectivity index (χ2n) is 6.70. The molecule has 0 saturated heterocycles. The maximum atomic E-state index is 12.5. The smallest absolute Gasteiger partial charge is 0.326 e. The molecular formula is C17H29N5O8. The monoisotopic (exact) mass is 431 g/mol. The summed E-state index contributed by atoms with van der Waals surface area (Å²) in [4.78, 5) is 70.0. The Hall–Kier alpha value is -3.22. The lowest BCUT2D eigenvalue weighted by atomic mass is 9.98. The van der Waals surface area contributed by atoms with Gasteiger partial charge in [-0.25, -0.2) is 4.79 Å². The fourth-order valence-electron chi connectivity index (χ4n) is 2.40. The van der Waals surface area contributed by atoms with Crippen molar-refractivity contribution in [3.8, 4) is 0 Å². The van der Waals surface area contributed by atoms with E-state index >= 15 is 0 Å². The minimum atomic E-state index is -1.62. The fraction of sp³-hybridized carbons (Fsp3) is 0.647. The molecule has 0 aliphatic heterocycles. The molecule has 13 nitrogen and oxygen atoms in total. The Morgan fingerprint density at radius 3 is 1.93 bits per heavy atom. The van der Waals surface area contributed by atoms with Gasteiger partial charge in [0.25, 0.3) is 0 Å². The highest BCUT2D eigenvalue weighted by Gasteiger charge is 2.32. The summed E-state index contributed by atoms with van der Waals surface area (Å²) in [6, 6.07) is -4.22. The number of carboxylic acid groups (broad SMARTS) is 2. The van der Waals surface area contributed by atoms with E-state index in [0.717, 1.165) is 0 Å². The van der Waals surface area contributed by atoms with Crippen molar-refractivity contribution in [3.05, 3.63) is 0 Å². The van der Waals surface area contributed by atoms with Crippen LogP contribution in [0.15, 0.2) is 0 Å². The van der Waals surface area contributed by atoms with Gasteiger partial charge in [0, 0.05) is 6.42 Å². The molecule has 170 valence electrons. The minimum Gasteiger partial charge on any atom is -0.481 e. The maximum absolute atomic E-state index is 12.5. The van der Waals surface area contributed by atoms with Gasteiger partial charge in [-0.3, -0.25) is 24.0 Å². The number of hydrogen-bond acceptors (Lipinski definition) is 7. The third-order valence-electron chi connectivity index (χ3n) is 4.31. The molecule has 0 aromatic rings. The van der Waals surface area contributed by atoms with Gasteiger partial charge >= 0.3 is 11.9 Å². The third-order valence-corrected chi connectivity index (χ3v) is 4.31. The van der Waals surface area contributed by atoms with Crippen molar-refractivity contribution in [2.45, 2.75) is 57.7 Å². The Kier molecular flexibility index (Phi) is 11.7. The number of primary amides is 1. The van der Waals surface area contributed by atoms with Crippen LogP contribution in [0.25, 0.3) is 0 Å². The summed E-state index contributed by atoms with van der Waals surface area (Å²) in [5.41, 5.74) is 10.2. The summed E-state index contributed by atoms with van der Waals surface area (Å²) < 4.78 is 0. The number of nitrogens with two attached hydrogens (primary N) is 2. The predicted octanol–water partition coefficient (Wildman–Crippen LogP) is -2.73. The topological polar surface area (TPSA) is 231 Å². The standard InChI is InChI=1S/C17H29N5O8/c1-3-8(2)14(17(29)30)22-16(28)10(6-13(25)26)21-15(27)9(4-5-11(19)23)20-12(24)7-18/h8-10,14H,3-7,18H2,1-2H3,(H2,19,23)(H,20,24)(H,21,27)(H,22,28)(H,25,26)(H,29,30). The molecular weight excluding hydrogens is 402 g/mol. The molecule has 0 rings (SSSR count). The summed E-state index contributed by atoms with van der Waals surface area (Å²) in [7, 11) is 0. The molecule has 4 amide bonds. The van der Waals surface area contributed by atoms with Crippen LogP contribution in [0, 0.1) is 5.92 Å². The van der Waals surface area contributed by atoms with E-state index in [2.05, 4.69) is 16.0 Å². The first-order chi connectivity index (χ1) is 13.9. The number of hydrogen-bond donors (Lipinski definition) is 7. The van der Waals surface area contributed by atoms with Gasteiger partial charge in [0.05, 0.1) is 13.0 Å². The summed E-state index contributed by atoms with van der Waals surface area (Å²) in [6.07, 6.45) is -0.891. The van der Waals surface area contributed by atoms with Crippen LogP contribution in [0.5, 0.6) is 0 Å². The van der Waals surface area contributed by atoms with Crippen LogP contribution in [0.1, 0.15) is 39.5 Å². The van der Waals surface area contributed by atoms with Gasteiger partial charge < -0.3 is 37.6 Å². The molecule has 0 aliphatic carbocycles. The molecule has 0 spiro atoms. The molecule has 0 aromatic carbocycles. The van der Waals surface area contributed by atoms with Gasteiger partial charge in [0.1, 0.15) is 18.1 Å². The summed E-state index contributed by atoms with van der Waals surface area (Å²) in [6.45, 7) is 2.85. The number of rotatable bonds is 14. The molecule has 4 atom stereocenters. The largest absolute Gasteiger partial charge is 0.481 e. The molecule has 0 heterocycles. The van der Waals surface area contributed by atoms with Crippen molar-refractivity contribution in [3.63, 3.8) is 0 Å². The fourth-order valence-corrected chi connectivity index (χ4v) is 2.40. The van der Waals surface area contributed by atoms with Crippen LogP contribution in [0.2, 0.25) is 0 Å². The second-order valence-corrected chi connectivity index (χ2v) is 6.70. The molecule has 0 aliphatic rings. The number of carboxylic acids is 2. The quantitative estimate of drug-likeness (QED) is 0.151. The molecule has 13 heteroatoms. The van der Waals surface area contributed by atoms with Crippen LogP contribution in [-0.4, -0.2) is 70.5 Å². The van der Waals surface area contributed by atoms with E-state index < -0.39 is 72.6 Å². The highest BCUT2D eigenvalue weighted by atomic mass is 16.4. The van der Waals surface area contributed by atoms with Gasteiger partial charge in [-0.15, -0.1) is 0 Å². The van der Waals surface area contributed by atoms with Crippen molar-refractivity contribution in [2.75, 3.05) is 6.54 Å². The summed E-state index contributed by atoms with van der Waals surface area (Å²) >= 11 is 0. The maximum Gasteiger partial charge on any atom is 0.326 e. The van der Waals surface area contributed by atoms with E-state index in [1.54, 1.807) is 13.8 Å². The SMILES string of the molecule is CCC(C)C(NC(=O)C(CC(=O)O)NC(=O)C(CCC(N)=O)NC(=O)CN)C(=O)O. The van der Waals surface area contributed by atoms with Crippen molar-refractivity contribution in [1.82, 2.24) is 16.0 Å². The predicted molar refractivity (Wildman–Crippen MR) is 103 cm³/mol. The zero-order valence-corrected chi connectivity index (χ0v) is 16.8. The molecule has 30 heavy (non-hydrogen) atoms. The Balaban J connectivity index is 5.47. The van der Waals surface area contributed by atoms with Gasteiger partial charge in [-0.2, -0.15) is 0 Å². The second kappa shape index (κ2) is 13.1. The Bertz CT molecular complexity index is 669. The number of aliphatic carboxylic acids is 2. The molecule has 4 unspecified atom stereocenters. The average molecular weight is 431 g/mol. The van der Waals surface area contributed by atoms with Crippen LogP contribution >= 0.6 is 0 Å². The van der Waals surface area contributed by atoms with E-state index in [-0.39, 0.29) is 12.8 Å². The number of nitrogens with one attached hydrogen (secondary N) is 3. The minimum absolute atomic E-state index is 0.209. The van der Waals surface area contributed by atoms with Crippen molar-refractivity contribution in [2.24, 2.45) is 17.4 Å². The lowest BCUT2D eigenvalue weighted by Crippen LogP contribution is -2.57. The van der Waals surface area contributed by atoms with Crippen LogP contribution in [-0.2, 0) is 28.8 Å². The van der Waals surface area contributed by atoms with E-state index in [4.69, 9.17) is 16.6 Å². The lowest BCUT2D eigenvalue weighted by Gasteiger charge is -2.25. The van der Waals surface area contributed by atoms with E-state index in [1.807, 2.05) is 0 Å². The molecule has 0 bridgehead atoms. The number of carbonyl (C=O) groups is 6. The van der Waals surface area contributed by atoms with Crippen LogP contribution in [0.4, 0.5) is 0 Å². The van der Waals surface area contributed by atoms with Gasteiger partial charge in [-0.05, 0) is 12.3 Å². The first kappa shape index (κ1) is 26.8. The summed E-state index contributed by atoms with van der Waals surface area (Å²) in [5, 5.41) is 25.0. The number of carbonyl (C=O) groups excluding carboxylic acids is 4. The third kappa shape index (κ3) is 9.82. The first-order valence-electron chi connectivity index (χ1n) is 9.25. The van der Waals surface area contributed by atoms with Gasteiger partial charge in [0.15, 0.2) is 0 Å². The zero-order chi connectivity index (χ0) is 23.4. The average Bonchev–Trinajstić information content (AvgIpc) is 2.66. The van der Waals surface area contributed by atoms with Crippen molar-refractivity contribution >= 4 is 35.6 Å². The Morgan fingerprint density at radius 1 is 0.933 bits per heavy atom. The highest BCUT2D eigenvalue weighted by molar-refractivity contribution is 5.95. The molecule has 0 fully saturated rings. The first-order valence-corrected chi connectivity index (χ1v) is 9.25. The zero-order valence-electron chi connectivity index (χ0n) is 16.8. The highest BCUT2D eigenvalue weighted by Crippen LogP contribution is 2.09. The van der Waals surface area contributed by atoms with E-state index in [9.17, 15) is 33.9 Å². The molecule has 9 N–H and O–H groups in total. The van der Waals surface area contributed by atoms with Gasteiger partial charge in [0.2, 0.25) is 23.6 Å². The number of amides is 4. The Morgan fingerprint density at radius 2 is 1.50 bits per heavy atom. The summed E-state index contributed by atoms with van der Waals surface area (Å²) in [5.74, 6) is -6.63. The molecule has 0 radical (unpaired) electrons. The van der Waals surface area contributed by atoms with Crippen molar-refractivity contribution in [1.29, 1.82) is 0 Å². The van der Waals surface area contributed by atoms with E-state index in [0.29, 0.717) is 6.42 Å².